The maximum Gasteiger partial charge on any atom is 0.249 e. The van der Waals surface area contributed by atoms with Crippen LogP contribution in [0.15, 0.2) is 79.3 Å². The second-order valence-electron chi connectivity index (χ2n) is 22.0. The molecule has 3 saturated heterocycles. The summed E-state index contributed by atoms with van der Waals surface area (Å²) in [5, 5.41) is 11.9. The molecule has 0 radical (unpaired) electrons. The number of piperidine rings is 2. The summed E-state index contributed by atoms with van der Waals surface area (Å²) in [6, 6.07) is 16.6. The van der Waals surface area contributed by atoms with Gasteiger partial charge in [0.1, 0.15) is 28.8 Å². The summed E-state index contributed by atoms with van der Waals surface area (Å²) >= 11 is 6.84. The molecular formula is C59H69ClF4N8O2. The van der Waals surface area contributed by atoms with Crippen molar-refractivity contribution in [2.45, 2.75) is 121 Å². The van der Waals surface area contributed by atoms with Gasteiger partial charge in [0, 0.05) is 97.6 Å². The molecule has 1 saturated carbocycles. The Hall–Kier alpha value is -5.70. The highest BCUT2D eigenvalue weighted by molar-refractivity contribution is 6.34. The molecule has 10 rings (SSSR count). The summed E-state index contributed by atoms with van der Waals surface area (Å²) in [7, 11) is 1.70. The molecule has 5 aliphatic rings. The van der Waals surface area contributed by atoms with Crippen LogP contribution in [0.1, 0.15) is 129 Å². The highest BCUT2D eigenvalue weighted by atomic mass is 35.5. The van der Waals surface area contributed by atoms with Crippen molar-refractivity contribution in [3.8, 4) is 11.1 Å². The maximum absolute atomic E-state index is 16.6. The van der Waals surface area contributed by atoms with Gasteiger partial charge in [-0.1, -0.05) is 88.3 Å². The highest BCUT2D eigenvalue weighted by Gasteiger charge is 2.48. The van der Waals surface area contributed by atoms with Crippen LogP contribution in [-0.4, -0.2) is 82.7 Å². The molecule has 3 aliphatic heterocycles. The number of hydrogen-bond donors (Lipinski definition) is 3. The number of rotatable bonds is 12. The molecule has 4 unspecified atom stereocenters. The summed E-state index contributed by atoms with van der Waals surface area (Å²) in [5.41, 5.74) is 9.60. The van der Waals surface area contributed by atoms with Gasteiger partial charge in [0.2, 0.25) is 11.8 Å². The van der Waals surface area contributed by atoms with Gasteiger partial charge in [-0.05, 0) is 123 Å². The lowest BCUT2D eigenvalue weighted by molar-refractivity contribution is -0.138. The van der Waals surface area contributed by atoms with E-state index >= 15 is 17.6 Å². The van der Waals surface area contributed by atoms with E-state index in [-0.39, 0.29) is 68.4 Å². The van der Waals surface area contributed by atoms with E-state index in [1.54, 1.807) is 13.1 Å². The minimum Gasteiger partial charge on any atom is -0.366 e. The minimum absolute atomic E-state index is 0.0152. The lowest BCUT2D eigenvalue weighted by Gasteiger charge is -2.45. The van der Waals surface area contributed by atoms with E-state index in [1.165, 1.54) is 22.9 Å². The van der Waals surface area contributed by atoms with Gasteiger partial charge < -0.3 is 26.2 Å². The molecular weight excluding hydrogens is 964 g/mol. The number of nitrogens with zero attached hydrogens (tertiary/aromatic N) is 5. The van der Waals surface area contributed by atoms with Crippen LogP contribution in [0.4, 0.5) is 23.4 Å². The zero-order chi connectivity index (χ0) is 52.3. The average Bonchev–Trinajstić information content (AvgIpc) is 3.87. The first kappa shape index (κ1) is 51.8. The molecule has 10 nitrogen and oxygen atoms in total. The zero-order valence-corrected chi connectivity index (χ0v) is 43.9. The summed E-state index contributed by atoms with van der Waals surface area (Å²) in [4.78, 5) is 33.3. The van der Waals surface area contributed by atoms with Crippen LogP contribution in [0, 0.1) is 35.1 Å². The Labute approximate surface area is 437 Å². The van der Waals surface area contributed by atoms with Crippen molar-refractivity contribution in [3.63, 3.8) is 0 Å². The van der Waals surface area contributed by atoms with Crippen LogP contribution in [0.3, 0.4) is 0 Å². The van der Waals surface area contributed by atoms with E-state index < -0.39 is 34.6 Å². The van der Waals surface area contributed by atoms with E-state index in [0.717, 1.165) is 74.0 Å². The van der Waals surface area contributed by atoms with Crippen LogP contribution < -0.4 is 21.3 Å². The SMILES string of the molecule is C=C1CCN(c2nn(C)c3c(F)c(C4CCN(C5CCN(C(=O)C6CCC(NCC7(c8ccccc8)Cc8cc(F)c(Cl)c(-c9c(C(N)=O)ccc(CCC)c9F)c8C7C)CC6)CC5)CC4C)c(F)cc23)C(=C)N1. The Morgan fingerprint density at radius 3 is 2.30 bits per heavy atom. The number of fused-ring (bicyclic) bond motifs is 2. The van der Waals surface area contributed by atoms with Crippen molar-refractivity contribution in [1.82, 2.24) is 30.2 Å². The predicted molar refractivity (Wildman–Crippen MR) is 285 cm³/mol. The van der Waals surface area contributed by atoms with Gasteiger partial charge in [-0.3, -0.25) is 19.2 Å². The normalized spacial score (nSPS) is 24.9. The first-order chi connectivity index (χ1) is 35.5. The number of aromatic nitrogens is 2. The van der Waals surface area contributed by atoms with Crippen LogP contribution in [0.25, 0.3) is 22.0 Å². The lowest BCUT2D eigenvalue weighted by Crippen LogP contribution is -2.52. The van der Waals surface area contributed by atoms with E-state index in [4.69, 9.17) is 17.3 Å². The van der Waals surface area contributed by atoms with E-state index in [2.05, 4.69) is 59.8 Å². The van der Waals surface area contributed by atoms with Crippen LogP contribution in [-0.2, 0) is 30.1 Å². The Kier molecular flexibility index (Phi) is 14.5. The van der Waals surface area contributed by atoms with Crippen LogP contribution in [0.5, 0.6) is 0 Å². The molecule has 0 spiro atoms. The summed E-state index contributed by atoms with van der Waals surface area (Å²) in [6.45, 7) is 18.1. The number of primary amides is 1. The standard InChI is InChI=1S/C59H69ClF4N8O2/c1-7-11-37-16-19-44(56(65)73)50(53(37)63)51-48-35(4)59(40-12-9-8-10-13-40,30-39(48)28-47(62)52(51)60)32-66-41-17-14-38(15-18-41)58(74)70-24-21-42(22-25-70)71-26-23-43(33(2)31-71)49-46(61)29-45-55(54(49)64)69(6)68-57(45)72-27-20-34(3)67-36(72)5/h8-10,12-13,16,19,28-29,33,35,38,41-43,66-67H,3,5,7,11,14-15,17-18,20-27,30-32H2,1-2,4,6H3,(H2,65,73). The van der Waals surface area contributed by atoms with Crippen molar-refractivity contribution in [3.05, 3.63) is 141 Å². The molecule has 2 aliphatic carbocycles. The van der Waals surface area contributed by atoms with E-state index in [0.29, 0.717) is 86.9 Å². The number of likely N-dealkylation sites (tertiary alicyclic amines) is 2. The molecule has 4 heterocycles. The first-order valence-corrected chi connectivity index (χ1v) is 27.1. The van der Waals surface area contributed by atoms with Crippen LogP contribution in [0.2, 0.25) is 5.02 Å². The monoisotopic (exact) mass is 1030 g/mol. The quantitative estimate of drug-likeness (QED) is 0.107. The van der Waals surface area contributed by atoms with Gasteiger partial charge in [0.05, 0.1) is 10.4 Å². The number of aryl methyl sites for hydroxylation is 2. The summed E-state index contributed by atoms with van der Waals surface area (Å²) in [5.74, 6) is -2.49. The number of halogens is 5. The van der Waals surface area contributed by atoms with E-state index in [1.807, 2.05) is 34.9 Å². The Balaban J connectivity index is 0.764. The predicted octanol–water partition coefficient (Wildman–Crippen LogP) is 11.1. The van der Waals surface area contributed by atoms with Gasteiger partial charge in [-0.25, -0.2) is 17.6 Å². The maximum atomic E-state index is 16.6. The largest absolute Gasteiger partial charge is 0.366 e. The highest BCUT2D eigenvalue weighted by Crippen LogP contribution is 2.55. The zero-order valence-electron chi connectivity index (χ0n) is 43.1. The molecule has 2 amide bonds. The minimum atomic E-state index is -0.811. The number of nitrogens with one attached hydrogen (secondary N) is 2. The molecule has 15 heteroatoms. The third-order valence-electron chi connectivity index (χ3n) is 17.7. The molecule has 4 N–H and O–H groups in total. The molecule has 5 aromatic rings. The molecule has 4 aromatic carbocycles. The molecule has 1 aromatic heterocycles. The number of hydrogen-bond acceptors (Lipinski definition) is 7. The Bertz CT molecular complexity index is 3020. The fourth-order valence-electron chi connectivity index (χ4n) is 13.7. The van der Waals surface area contributed by atoms with Crippen molar-refractivity contribution in [2.75, 3.05) is 44.2 Å². The summed E-state index contributed by atoms with van der Waals surface area (Å²) < 4.78 is 66.8. The van der Waals surface area contributed by atoms with Gasteiger partial charge in [0.25, 0.3) is 0 Å². The van der Waals surface area contributed by atoms with Gasteiger partial charge >= 0.3 is 0 Å². The van der Waals surface area contributed by atoms with E-state index in [9.17, 15) is 9.59 Å². The molecule has 74 heavy (non-hydrogen) atoms. The van der Waals surface area contributed by atoms with Crippen molar-refractivity contribution < 1.29 is 27.2 Å². The Morgan fingerprint density at radius 2 is 1.62 bits per heavy atom. The first-order valence-electron chi connectivity index (χ1n) is 26.7. The topological polar surface area (TPSA) is 112 Å². The fraction of sp³-hybridized carbons (Fsp3) is 0.475. The fourth-order valence-corrected chi connectivity index (χ4v) is 13.9. The van der Waals surface area contributed by atoms with Crippen molar-refractivity contribution in [2.24, 2.45) is 24.6 Å². The molecule has 0 bridgehead atoms. The second-order valence-corrected chi connectivity index (χ2v) is 22.4. The third-order valence-corrected chi connectivity index (χ3v) is 18.0. The number of carbonyl (C=O) groups excluding carboxylic acids is 2. The van der Waals surface area contributed by atoms with Gasteiger partial charge in [0.15, 0.2) is 11.6 Å². The number of amides is 2. The smallest absolute Gasteiger partial charge is 0.249 e. The summed E-state index contributed by atoms with van der Waals surface area (Å²) in [6.07, 6.45) is 7.78. The number of carbonyl (C=O) groups is 2. The number of nitrogens with two attached hydrogens (primary N) is 1. The Morgan fingerprint density at radius 1 is 0.892 bits per heavy atom. The number of anilines is 1. The van der Waals surface area contributed by atoms with Crippen molar-refractivity contribution >= 4 is 40.1 Å². The molecule has 4 fully saturated rings. The molecule has 4 atom stereocenters. The number of benzene rings is 4. The molecule has 392 valence electrons. The average molecular weight is 1030 g/mol. The third kappa shape index (κ3) is 9.20. The van der Waals surface area contributed by atoms with Gasteiger partial charge in [-0.2, -0.15) is 5.10 Å². The van der Waals surface area contributed by atoms with Gasteiger partial charge in [-0.15, -0.1) is 0 Å². The second kappa shape index (κ2) is 20.8. The van der Waals surface area contributed by atoms with Crippen LogP contribution >= 0.6 is 11.6 Å². The van der Waals surface area contributed by atoms with Crippen molar-refractivity contribution in [1.29, 1.82) is 0 Å². The lowest BCUT2D eigenvalue weighted by atomic mass is 9.70.